The van der Waals surface area contributed by atoms with Gasteiger partial charge in [-0.25, -0.2) is 0 Å². The summed E-state index contributed by atoms with van der Waals surface area (Å²) in [4.78, 5) is 13.4. The van der Waals surface area contributed by atoms with Crippen molar-refractivity contribution in [2.45, 2.75) is 26.4 Å². The summed E-state index contributed by atoms with van der Waals surface area (Å²) in [5.74, 6) is -0.0110. The molecular weight excluding hydrogens is 874 g/mol. The number of carbonyl (C=O) groups excluding carboxylic acids is 1. The van der Waals surface area contributed by atoms with Crippen LogP contribution < -0.4 is 74.3 Å². The predicted octanol–water partition coefficient (Wildman–Crippen LogP) is -24.8. The zero-order chi connectivity index (χ0) is 42.2. The van der Waals surface area contributed by atoms with Gasteiger partial charge in [0.1, 0.15) is 0 Å². The van der Waals surface area contributed by atoms with E-state index in [2.05, 4.69) is 9.72 Å². The molecule has 0 unspecified atom stereocenters. The summed E-state index contributed by atoms with van der Waals surface area (Å²) in [6, 6.07) is 8.84. The van der Waals surface area contributed by atoms with Gasteiger partial charge in [0.05, 0.1) is 18.4 Å². The number of hydrogen-bond donors (Lipinski definition) is 22. The zero-order valence-corrected chi connectivity index (χ0v) is 35.2. The second-order valence-electron chi connectivity index (χ2n) is 7.36. The molecule has 2 aromatic rings. The quantitative estimate of drug-likeness (QED) is 0.0933. The largest absolute Gasteiger partial charge is 2.00 e. The van der Waals surface area contributed by atoms with Gasteiger partial charge in [0.2, 0.25) is 0 Å². The minimum absolute atomic E-state index is 0. The summed E-state index contributed by atoms with van der Waals surface area (Å²) in [5, 5.41) is 187. The molecule has 0 fully saturated rings. The average Bonchev–Trinajstić information content (AvgIpc) is 2.81. The Kier molecular flexibility index (Phi) is 130. The van der Waals surface area contributed by atoms with Gasteiger partial charge in [0, 0.05) is 6.20 Å². The molecule has 1 aromatic carbocycles. The van der Waals surface area contributed by atoms with E-state index < -0.39 is 58.6 Å². The number of para-hydroxylation sites is 1. The third-order valence-corrected chi connectivity index (χ3v) is 1.94. The number of aromatic nitrogens is 1. The Hall–Kier alpha value is -0.181. The van der Waals surface area contributed by atoms with E-state index in [0.717, 1.165) is 5.39 Å². The van der Waals surface area contributed by atoms with Crippen LogP contribution in [0.3, 0.4) is 0 Å². The molecule has 0 aliphatic heterocycles. The molecule has 329 valence electrons. The Morgan fingerprint density at radius 1 is 0.544 bits per heavy atom. The maximum atomic E-state index is 11.1. The van der Waals surface area contributed by atoms with E-state index >= 15 is 0 Å². The van der Waals surface area contributed by atoms with Crippen LogP contribution >= 0.6 is 0 Å². The Balaban J connectivity index is -0.0000000269. The SMILES string of the molecule is CC(C)(C)O[C-]=O.O.O.O.O.OB(O)O.OB(O)O.OB(O)O.OB(O)O.OB(O)O.OB(O)O.OB(O)O.[Cu+2].[Na+].[Na+].[O-]B([O-])O.[O-]c1cccc2cccnc12. The van der Waals surface area contributed by atoms with Crippen LogP contribution in [0.1, 0.15) is 20.8 Å². The molecule has 0 spiro atoms. The van der Waals surface area contributed by atoms with Crippen LogP contribution in [0, 0.1) is 0 Å². The molecular formula is C14H45B8CuNNa2O31. The Labute approximate surface area is 380 Å². The first-order valence-electron chi connectivity index (χ1n) is 11.6. The van der Waals surface area contributed by atoms with Crippen molar-refractivity contribution >= 4 is 75.9 Å². The second-order valence-corrected chi connectivity index (χ2v) is 7.36. The minimum atomic E-state index is -2.67. The number of pyridine rings is 1. The molecule has 43 heteroatoms. The van der Waals surface area contributed by atoms with Crippen LogP contribution in [-0.4, -0.2) is 208 Å². The van der Waals surface area contributed by atoms with Gasteiger partial charge in [0.15, 0.2) is 0 Å². The Morgan fingerprint density at radius 3 is 0.912 bits per heavy atom. The first-order chi connectivity index (χ1) is 22.3. The summed E-state index contributed by atoms with van der Waals surface area (Å²) in [6.07, 6.45) is 1.63. The number of nitrogens with zero attached hydrogens (tertiary/aromatic N) is 1. The van der Waals surface area contributed by atoms with E-state index in [1.54, 1.807) is 33.0 Å². The first kappa shape index (κ1) is 101. The van der Waals surface area contributed by atoms with Crippen molar-refractivity contribution in [1.82, 2.24) is 4.98 Å². The van der Waals surface area contributed by atoms with Gasteiger partial charge in [-0.15, -0.1) is 0 Å². The molecule has 32 nitrogen and oxygen atoms in total. The Morgan fingerprint density at radius 2 is 0.754 bits per heavy atom. The van der Waals surface area contributed by atoms with Gasteiger partial charge < -0.3 is 157 Å². The van der Waals surface area contributed by atoms with Crippen molar-refractivity contribution in [3.05, 3.63) is 36.5 Å². The molecule has 1 heterocycles. The van der Waals surface area contributed by atoms with E-state index in [0.29, 0.717) is 5.52 Å². The van der Waals surface area contributed by atoms with Crippen molar-refractivity contribution in [3.8, 4) is 5.75 Å². The molecule has 0 saturated heterocycles. The van der Waals surface area contributed by atoms with Crippen molar-refractivity contribution < 1.29 is 233 Å². The van der Waals surface area contributed by atoms with Crippen LogP contribution in [0.15, 0.2) is 36.5 Å². The number of fused-ring (bicyclic) bond motifs is 1. The van der Waals surface area contributed by atoms with E-state index in [9.17, 15) is 9.90 Å². The monoisotopic (exact) mass is 920 g/mol. The summed E-state index contributed by atoms with van der Waals surface area (Å²) < 4.78 is 4.42. The van der Waals surface area contributed by atoms with Crippen LogP contribution in [0.5, 0.6) is 5.75 Å². The summed E-state index contributed by atoms with van der Waals surface area (Å²) in [5.41, 5.74) is 0.178. The second kappa shape index (κ2) is 73.4. The van der Waals surface area contributed by atoms with Gasteiger partial charge in [-0.1, -0.05) is 36.5 Å². The van der Waals surface area contributed by atoms with Crippen molar-refractivity contribution in [1.29, 1.82) is 0 Å². The molecule has 0 aliphatic rings. The van der Waals surface area contributed by atoms with E-state index in [-0.39, 0.29) is 109 Å². The van der Waals surface area contributed by atoms with Crippen LogP contribution in [0.25, 0.3) is 10.9 Å². The number of hydrogen-bond acceptors (Lipinski definition) is 28. The third-order valence-electron chi connectivity index (χ3n) is 1.94. The summed E-state index contributed by atoms with van der Waals surface area (Å²) in [7, 11) is -17.8. The molecule has 0 atom stereocenters. The van der Waals surface area contributed by atoms with Crippen molar-refractivity contribution in [2.75, 3.05) is 0 Å². The van der Waals surface area contributed by atoms with Crippen LogP contribution in [-0.2, 0) is 26.6 Å². The number of benzene rings is 1. The van der Waals surface area contributed by atoms with E-state index in [1.165, 1.54) is 12.5 Å². The average molecular weight is 920 g/mol. The van der Waals surface area contributed by atoms with E-state index in [4.69, 9.17) is 121 Å². The van der Waals surface area contributed by atoms with Gasteiger partial charge in [0.25, 0.3) is 0 Å². The van der Waals surface area contributed by atoms with Gasteiger partial charge >= 0.3 is 127 Å². The molecule has 57 heavy (non-hydrogen) atoms. The minimum Gasteiger partial charge on any atom is -0.871 e. The van der Waals surface area contributed by atoms with Crippen molar-refractivity contribution in [2.24, 2.45) is 0 Å². The molecule has 0 aliphatic carbocycles. The predicted molar refractivity (Wildman–Crippen MR) is 177 cm³/mol. The Bertz CT molecular complexity index is 838. The molecule has 1 radical (unpaired) electrons. The maximum Gasteiger partial charge on any atom is 2.00 e. The smallest absolute Gasteiger partial charge is 0.871 e. The fraction of sp³-hybridized carbons (Fsp3) is 0.286. The van der Waals surface area contributed by atoms with Crippen molar-refractivity contribution in [3.63, 3.8) is 0 Å². The first-order valence-corrected chi connectivity index (χ1v) is 11.6. The van der Waals surface area contributed by atoms with Gasteiger partial charge in [-0.3, -0.25) is 4.98 Å². The number of ether oxygens (including phenoxy) is 1. The standard InChI is InChI=1S/C9H7NO.C5H9O2.7BH3O3.BHO3.Cu.2Na.4H2O/c11-8-5-1-3-7-4-2-6-10-9(7)8;1-5(2,3)7-4-6;8*2-1(3)4;;;;;;;/h1-6,11H;1-3H3;7*2-4H;2H;;;;4*1H2/q;-1;;;;;;;;-2;+2;2*+1;;;;/p-1. The molecule has 0 saturated carbocycles. The summed E-state index contributed by atoms with van der Waals surface area (Å²) >= 11 is 0. The molecule has 30 N–H and O–H groups in total. The maximum absolute atomic E-state index is 11.1. The summed E-state index contributed by atoms with van der Waals surface area (Å²) in [6.45, 7) is 6.73. The zero-order valence-electron chi connectivity index (χ0n) is 30.2. The molecule has 2 rings (SSSR count). The molecule has 0 bridgehead atoms. The van der Waals surface area contributed by atoms with Gasteiger partial charge in [-0.2, -0.15) is 0 Å². The number of rotatable bonds is 1. The fourth-order valence-corrected chi connectivity index (χ4v) is 1.20. The van der Waals surface area contributed by atoms with E-state index in [1.807, 2.05) is 18.2 Å². The van der Waals surface area contributed by atoms with Gasteiger partial charge in [-0.05, 0) is 32.2 Å². The fourth-order valence-electron chi connectivity index (χ4n) is 1.20. The topological polar surface area (TPSA) is 679 Å². The normalized spacial score (nSPS) is 7.07. The van der Waals surface area contributed by atoms with Crippen LogP contribution in [0.2, 0.25) is 0 Å². The third kappa shape index (κ3) is 262. The molecule has 0 amide bonds. The van der Waals surface area contributed by atoms with Crippen LogP contribution in [0.4, 0.5) is 0 Å². The molecule has 1 aromatic heterocycles.